The first kappa shape index (κ1) is 17.5. The summed E-state index contributed by atoms with van der Waals surface area (Å²) in [6, 6.07) is 12.6. The van der Waals surface area contributed by atoms with Crippen molar-refractivity contribution in [1.29, 1.82) is 0 Å². The molecule has 0 aliphatic heterocycles. The summed E-state index contributed by atoms with van der Waals surface area (Å²) in [5.74, 6) is -0.936. The number of hydrogen-bond donors (Lipinski definition) is 2. The van der Waals surface area contributed by atoms with E-state index in [0.717, 1.165) is 16.8 Å². The molecule has 0 aliphatic carbocycles. The number of carbonyl (C=O) groups excluding carboxylic acids is 1. The van der Waals surface area contributed by atoms with Crippen molar-refractivity contribution in [3.8, 4) is 0 Å². The van der Waals surface area contributed by atoms with Gasteiger partial charge in [0, 0.05) is 19.8 Å². The first-order chi connectivity index (χ1) is 11.5. The molecule has 0 bridgehead atoms. The van der Waals surface area contributed by atoms with Crippen molar-refractivity contribution in [3.63, 3.8) is 0 Å². The minimum Gasteiger partial charge on any atom is -0.481 e. The highest BCUT2D eigenvalue weighted by Gasteiger charge is 2.20. The molecular weight excluding hydrogens is 306 g/mol. The van der Waals surface area contributed by atoms with Crippen LogP contribution in [0, 0.1) is 6.92 Å². The van der Waals surface area contributed by atoms with Crippen LogP contribution in [0.3, 0.4) is 0 Å². The van der Waals surface area contributed by atoms with Crippen LogP contribution in [0.4, 0.5) is 4.79 Å². The van der Waals surface area contributed by atoms with E-state index in [0.29, 0.717) is 0 Å². The van der Waals surface area contributed by atoms with Crippen molar-refractivity contribution in [2.24, 2.45) is 0 Å². The van der Waals surface area contributed by atoms with Crippen LogP contribution in [0.15, 0.2) is 48.7 Å². The molecule has 6 nitrogen and oxygen atoms in total. The number of nitrogens with zero attached hydrogens (tertiary/aromatic N) is 2. The molecule has 0 saturated carbocycles. The summed E-state index contributed by atoms with van der Waals surface area (Å²) >= 11 is 0. The fourth-order valence-electron chi connectivity index (χ4n) is 2.32. The van der Waals surface area contributed by atoms with Gasteiger partial charge in [-0.3, -0.25) is 9.78 Å². The van der Waals surface area contributed by atoms with E-state index in [-0.39, 0.29) is 19.0 Å². The molecular formula is C18H21N3O3. The Bertz CT molecular complexity index is 704. The van der Waals surface area contributed by atoms with Crippen molar-refractivity contribution in [2.45, 2.75) is 19.4 Å². The average molecular weight is 327 g/mol. The van der Waals surface area contributed by atoms with Gasteiger partial charge in [0.15, 0.2) is 0 Å². The van der Waals surface area contributed by atoms with Crippen molar-refractivity contribution in [1.82, 2.24) is 15.2 Å². The maximum Gasteiger partial charge on any atom is 0.317 e. The van der Waals surface area contributed by atoms with Gasteiger partial charge >= 0.3 is 12.0 Å². The zero-order chi connectivity index (χ0) is 17.5. The zero-order valence-corrected chi connectivity index (χ0v) is 13.8. The van der Waals surface area contributed by atoms with E-state index in [9.17, 15) is 9.59 Å². The fourth-order valence-corrected chi connectivity index (χ4v) is 2.32. The van der Waals surface area contributed by atoms with Gasteiger partial charge in [0.2, 0.25) is 0 Å². The van der Waals surface area contributed by atoms with E-state index in [4.69, 9.17) is 5.11 Å². The van der Waals surface area contributed by atoms with Crippen molar-refractivity contribution >= 4 is 12.0 Å². The van der Waals surface area contributed by atoms with Crippen LogP contribution >= 0.6 is 0 Å². The Morgan fingerprint density at radius 1 is 1.25 bits per heavy atom. The molecule has 1 heterocycles. The monoisotopic (exact) mass is 327 g/mol. The van der Waals surface area contributed by atoms with Crippen LogP contribution in [-0.4, -0.2) is 40.6 Å². The lowest BCUT2D eigenvalue weighted by Gasteiger charge is -2.23. The summed E-state index contributed by atoms with van der Waals surface area (Å²) in [7, 11) is 1.57. The molecule has 0 aliphatic rings. The average Bonchev–Trinajstić information content (AvgIpc) is 2.58. The molecule has 0 saturated heterocycles. The van der Waals surface area contributed by atoms with E-state index in [1.54, 1.807) is 13.2 Å². The SMILES string of the molecule is Cc1cccc(C(NC(=O)N(C)CCC(=O)O)c2ccccn2)c1. The molecule has 2 amide bonds. The van der Waals surface area contributed by atoms with Crippen molar-refractivity contribution in [3.05, 3.63) is 65.5 Å². The third kappa shape index (κ3) is 4.81. The smallest absolute Gasteiger partial charge is 0.317 e. The van der Waals surface area contributed by atoms with Crippen LogP contribution in [0.1, 0.15) is 29.3 Å². The number of benzene rings is 1. The van der Waals surface area contributed by atoms with Crippen LogP contribution in [0.5, 0.6) is 0 Å². The van der Waals surface area contributed by atoms with E-state index >= 15 is 0 Å². The maximum absolute atomic E-state index is 12.4. The number of carboxylic acid groups (broad SMARTS) is 1. The number of aromatic nitrogens is 1. The van der Waals surface area contributed by atoms with Gasteiger partial charge in [0.25, 0.3) is 0 Å². The van der Waals surface area contributed by atoms with Gasteiger partial charge in [-0.1, -0.05) is 35.9 Å². The highest BCUT2D eigenvalue weighted by atomic mass is 16.4. The molecule has 0 radical (unpaired) electrons. The van der Waals surface area contributed by atoms with E-state index in [1.807, 2.05) is 49.4 Å². The summed E-state index contributed by atoms with van der Waals surface area (Å²) < 4.78 is 0. The Balaban J connectivity index is 2.21. The number of hydrogen-bond acceptors (Lipinski definition) is 3. The number of rotatable bonds is 6. The standard InChI is InChI=1S/C18H21N3O3/c1-13-6-5-7-14(12-13)17(15-8-3-4-10-19-15)20-18(24)21(2)11-9-16(22)23/h3-8,10,12,17H,9,11H2,1-2H3,(H,20,24)(H,22,23). The number of urea groups is 1. The first-order valence-electron chi connectivity index (χ1n) is 7.68. The number of amides is 2. The largest absolute Gasteiger partial charge is 0.481 e. The minimum absolute atomic E-state index is 0.0946. The molecule has 1 aromatic carbocycles. The summed E-state index contributed by atoms with van der Waals surface area (Å²) in [6.07, 6.45) is 1.58. The summed E-state index contributed by atoms with van der Waals surface area (Å²) in [5, 5.41) is 11.7. The highest BCUT2D eigenvalue weighted by Crippen LogP contribution is 2.21. The number of aliphatic carboxylic acids is 1. The van der Waals surface area contributed by atoms with Gasteiger partial charge in [0.05, 0.1) is 18.2 Å². The molecule has 24 heavy (non-hydrogen) atoms. The molecule has 0 fully saturated rings. The molecule has 1 atom stereocenters. The van der Waals surface area contributed by atoms with Gasteiger partial charge in [-0.05, 0) is 24.6 Å². The number of nitrogens with one attached hydrogen (secondary N) is 1. The quantitative estimate of drug-likeness (QED) is 0.854. The molecule has 0 spiro atoms. The molecule has 2 N–H and O–H groups in total. The number of carboxylic acids is 1. The zero-order valence-electron chi connectivity index (χ0n) is 13.8. The van der Waals surface area contributed by atoms with Gasteiger partial charge < -0.3 is 15.3 Å². The van der Waals surface area contributed by atoms with E-state index in [1.165, 1.54) is 4.90 Å². The lowest BCUT2D eigenvalue weighted by molar-refractivity contribution is -0.137. The molecule has 2 aromatic rings. The molecule has 6 heteroatoms. The number of aryl methyl sites for hydroxylation is 1. The minimum atomic E-state index is -0.936. The van der Waals surface area contributed by atoms with Crippen LogP contribution in [0.25, 0.3) is 0 Å². The van der Waals surface area contributed by atoms with E-state index < -0.39 is 12.0 Å². The second-order valence-electron chi connectivity index (χ2n) is 5.62. The number of carbonyl (C=O) groups is 2. The fraction of sp³-hybridized carbons (Fsp3) is 0.278. The van der Waals surface area contributed by atoms with Crippen molar-refractivity contribution in [2.75, 3.05) is 13.6 Å². The first-order valence-corrected chi connectivity index (χ1v) is 7.68. The lowest BCUT2D eigenvalue weighted by Crippen LogP contribution is -2.40. The molecule has 2 rings (SSSR count). The Kier molecular flexibility index (Phi) is 5.89. The predicted molar refractivity (Wildman–Crippen MR) is 90.7 cm³/mol. The molecule has 1 unspecified atom stereocenters. The topological polar surface area (TPSA) is 82.5 Å². The summed E-state index contributed by atoms with van der Waals surface area (Å²) in [4.78, 5) is 28.8. The van der Waals surface area contributed by atoms with Crippen LogP contribution in [0.2, 0.25) is 0 Å². The van der Waals surface area contributed by atoms with Crippen LogP contribution < -0.4 is 5.32 Å². The number of pyridine rings is 1. The van der Waals surface area contributed by atoms with Crippen LogP contribution in [-0.2, 0) is 4.79 Å². The Labute approximate surface area is 141 Å². The van der Waals surface area contributed by atoms with Crippen molar-refractivity contribution < 1.29 is 14.7 Å². The second-order valence-corrected chi connectivity index (χ2v) is 5.62. The summed E-state index contributed by atoms with van der Waals surface area (Å²) in [5.41, 5.74) is 2.73. The Morgan fingerprint density at radius 3 is 2.67 bits per heavy atom. The third-order valence-electron chi connectivity index (χ3n) is 3.63. The highest BCUT2D eigenvalue weighted by molar-refractivity contribution is 5.76. The predicted octanol–water partition coefficient (Wildman–Crippen LogP) is 2.60. The molecule has 126 valence electrons. The van der Waals surface area contributed by atoms with Gasteiger partial charge in [0.1, 0.15) is 0 Å². The van der Waals surface area contributed by atoms with Gasteiger partial charge in [-0.15, -0.1) is 0 Å². The lowest BCUT2D eigenvalue weighted by atomic mass is 10.0. The second kappa shape index (κ2) is 8.10. The Morgan fingerprint density at radius 2 is 2.04 bits per heavy atom. The van der Waals surface area contributed by atoms with E-state index in [2.05, 4.69) is 10.3 Å². The Hall–Kier alpha value is -2.89. The maximum atomic E-state index is 12.4. The summed E-state index contributed by atoms with van der Waals surface area (Å²) in [6.45, 7) is 2.13. The third-order valence-corrected chi connectivity index (χ3v) is 3.63. The van der Waals surface area contributed by atoms with Gasteiger partial charge in [-0.2, -0.15) is 0 Å². The van der Waals surface area contributed by atoms with Gasteiger partial charge in [-0.25, -0.2) is 4.79 Å². The molecule has 1 aromatic heterocycles. The normalized spacial score (nSPS) is 11.6.